The van der Waals surface area contributed by atoms with Crippen LogP contribution in [0.1, 0.15) is 12.8 Å². The van der Waals surface area contributed by atoms with E-state index in [1.165, 1.54) is 6.07 Å². The van der Waals surface area contributed by atoms with Crippen molar-refractivity contribution in [3.05, 3.63) is 30.5 Å². The monoisotopic (exact) mass is 344 g/mol. The summed E-state index contributed by atoms with van der Waals surface area (Å²) in [5.74, 6) is 0.143. The van der Waals surface area contributed by atoms with Crippen LogP contribution in [0.2, 0.25) is 0 Å². The van der Waals surface area contributed by atoms with Crippen LogP contribution in [-0.2, 0) is 4.74 Å². The number of rotatable bonds is 4. The van der Waals surface area contributed by atoms with Crippen molar-refractivity contribution in [3.8, 4) is 5.75 Å². The quantitative estimate of drug-likeness (QED) is 0.834. The van der Waals surface area contributed by atoms with E-state index < -0.39 is 17.6 Å². The molecule has 0 radical (unpaired) electrons. The van der Waals surface area contributed by atoms with Gasteiger partial charge in [0.05, 0.1) is 17.4 Å². The normalized spacial score (nSPS) is 16.5. The van der Waals surface area contributed by atoms with E-state index in [2.05, 4.69) is 10.3 Å². The van der Waals surface area contributed by atoms with Gasteiger partial charge in [0.15, 0.2) is 12.0 Å². The predicted molar refractivity (Wildman–Crippen MR) is 83.5 cm³/mol. The minimum Gasteiger partial charge on any atom is -0.417 e. The fourth-order valence-corrected chi connectivity index (χ4v) is 2.71. The summed E-state index contributed by atoms with van der Waals surface area (Å²) in [7, 11) is 0. The van der Waals surface area contributed by atoms with Crippen LogP contribution in [0.25, 0.3) is 10.9 Å². The summed E-state index contributed by atoms with van der Waals surface area (Å²) in [6.45, 7) is 1.46. The van der Waals surface area contributed by atoms with Crippen LogP contribution < -0.4 is 9.50 Å². The Labute approximate surface area is 135 Å². The molecule has 1 aromatic heterocycles. The number of alkyl halides is 3. The van der Waals surface area contributed by atoms with Crippen molar-refractivity contribution >= 4 is 28.6 Å². The summed E-state index contributed by atoms with van der Waals surface area (Å²) < 4.78 is 46.6. The van der Waals surface area contributed by atoms with Crippen molar-refractivity contribution in [1.29, 1.82) is 0 Å². The molecule has 0 unspecified atom stereocenters. The number of fused-ring (bicyclic) bond motifs is 1. The smallest absolute Gasteiger partial charge is 0.417 e. The largest absolute Gasteiger partial charge is 0.479 e. The van der Waals surface area contributed by atoms with Crippen molar-refractivity contribution in [2.24, 2.45) is 0 Å². The number of aromatic nitrogens is 1. The lowest BCUT2D eigenvalue weighted by Gasteiger charge is -2.24. The van der Waals surface area contributed by atoms with E-state index in [1.54, 1.807) is 18.3 Å². The molecular formula is C15H15F3N2O2S. The molecule has 2 heterocycles. The zero-order chi connectivity index (χ0) is 16.3. The molecule has 4 nitrogen and oxygen atoms in total. The van der Waals surface area contributed by atoms with Gasteiger partial charge < -0.3 is 14.2 Å². The molecule has 0 bridgehead atoms. The maximum absolute atomic E-state index is 12.2. The van der Waals surface area contributed by atoms with E-state index in [-0.39, 0.29) is 5.75 Å². The Morgan fingerprint density at radius 3 is 2.74 bits per heavy atom. The highest BCUT2D eigenvalue weighted by atomic mass is 32.2. The fourth-order valence-electron chi connectivity index (χ4n) is 2.41. The molecule has 1 N–H and O–H groups in total. The van der Waals surface area contributed by atoms with Crippen molar-refractivity contribution in [3.63, 3.8) is 0 Å². The Hall–Kier alpha value is -1.67. The summed E-state index contributed by atoms with van der Waals surface area (Å²) in [5, 5.41) is 4.10. The van der Waals surface area contributed by atoms with Crippen LogP contribution in [0.5, 0.6) is 5.75 Å². The lowest BCUT2D eigenvalue weighted by atomic mass is 10.1. The van der Waals surface area contributed by atoms with E-state index in [4.69, 9.17) is 8.92 Å². The predicted octanol–water partition coefficient (Wildman–Crippen LogP) is 4.37. The molecule has 1 aliphatic rings. The number of benzene rings is 1. The second-order valence-corrected chi connectivity index (χ2v) is 6.02. The summed E-state index contributed by atoms with van der Waals surface area (Å²) in [6, 6.07) is 6.85. The van der Waals surface area contributed by atoms with Crippen LogP contribution in [0.15, 0.2) is 30.5 Å². The highest BCUT2D eigenvalue weighted by Gasteiger charge is 2.31. The van der Waals surface area contributed by atoms with Crippen molar-refractivity contribution < 1.29 is 22.1 Å². The van der Waals surface area contributed by atoms with E-state index in [9.17, 15) is 13.2 Å². The average molecular weight is 344 g/mol. The van der Waals surface area contributed by atoms with Crippen molar-refractivity contribution in [2.75, 3.05) is 18.5 Å². The minimum atomic E-state index is -4.43. The molecule has 0 saturated carbocycles. The Kier molecular flexibility index (Phi) is 4.82. The number of hydrogen-bond donors (Lipinski definition) is 1. The molecule has 23 heavy (non-hydrogen) atoms. The Balaban J connectivity index is 1.74. The highest BCUT2D eigenvalue weighted by Crippen LogP contribution is 2.33. The lowest BCUT2D eigenvalue weighted by Crippen LogP contribution is -2.27. The summed E-state index contributed by atoms with van der Waals surface area (Å²) >= 11 is -0.522. The molecule has 1 aliphatic heterocycles. The van der Waals surface area contributed by atoms with Gasteiger partial charge in [0.1, 0.15) is 5.75 Å². The first-order valence-corrected chi connectivity index (χ1v) is 7.90. The molecule has 124 valence electrons. The van der Waals surface area contributed by atoms with E-state index in [0.717, 1.165) is 37.1 Å². The number of anilines is 1. The zero-order valence-electron chi connectivity index (χ0n) is 12.1. The SMILES string of the molecule is FC(F)(F)SOc1ccc2ncc(NC3CCOCC3)cc2c1. The average Bonchev–Trinajstić information content (AvgIpc) is 2.53. The Morgan fingerprint density at radius 2 is 2.00 bits per heavy atom. The number of hydrogen-bond acceptors (Lipinski definition) is 5. The first-order chi connectivity index (χ1) is 11.0. The summed E-state index contributed by atoms with van der Waals surface area (Å²) in [4.78, 5) is 4.32. The Morgan fingerprint density at radius 1 is 1.22 bits per heavy atom. The Bertz CT molecular complexity index is 675. The van der Waals surface area contributed by atoms with Crippen LogP contribution in [0.3, 0.4) is 0 Å². The van der Waals surface area contributed by atoms with E-state index in [0.29, 0.717) is 11.6 Å². The van der Waals surface area contributed by atoms with E-state index >= 15 is 0 Å². The van der Waals surface area contributed by atoms with Gasteiger partial charge in [0.2, 0.25) is 0 Å². The zero-order valence-corrected chi connectivity index (χ0v) is 12.9. The molecule has 1 fully saturated rings. The molecule has 1 aromatic carbocycles. The van der Waals surface area contributed by atoms with Gasteiger partial charge >= 0.3 is 5.51 Å². The van der Waals surface area contributed by atoms with Gasteiger partial charge in [0.25, 0.3) is 0 Å². The molecule has 2 aromatic rings. The second kappa shape index (κ2) is 6.84. The van der Waals surface area contributed by atoms with Gasteiger partial charge in [-0.2, -0.15) is 13.2 Å². The summed E-state index contributed by atoms with van der Waals surface area (Å²) in [6.07, 6.45) is 3.57. The molecular weight excluding hydrogens is 329 g/mol. The second-order valence-electron chi connectivity index (χ2n) is 5.22. The molecule has 0 aliphatic carbocycles. The topological polar surface area (TPSA) is 43.4 Å². The minimum absolute atomic E-state index is 0.143. The molecule has 0 spiro atoms. The highest BCUT2D eigenvalue weighted by molar-refractivity contribution is 7.95. The number of pyridine rings is 1. The van der Waals surface area contributed by atoms with Gasteiger partial charge in [-0.25, -0.2) is 0 Å². The molecule has 0 atom stereocenters. The van der Waals surface area contributed by atoms with Crippen LogP contribution in [-0.4, -0.2) is 29.7 Å². The first-order valence-electron chi connectivity index (χ1n) is 7.16. The van der Waals surface area contributed by atoms with Crippen molar-refractivity contribution in [1.82, 2.24) is 4.98 Å². The number of ether oxygens (including phenoxy) is 1. The van der Waals surface area contributed by atoms with Gasteiger partial charge in [0, 0.05) is 24.6 Å². The third-order valence-corrected chi connectivity index (χ3v) is 3.94. The first kappa shape index (κ1) is 16.2. The standard InChI is InChI=1S/C15H15F3N2O2S/c16-15(17,18)23-22-13-1-2-14-10(8-13)7-12(9-19-14)20-11-3-5-21-6-4-11/h1-2,7-9,11,20H,3-6H2. The number of nitrogens with zero attached hydrogens (tertiary/aromatic N) is 1. The number of halogens is 3. The van der Waals surface area contributed by atoms with Gasteiger partial charge in [-0.05, 0) is 37.1 Å². The molecule has 0 amide bonds. The lowest BCUT2D eigenvalue weighted by molar-refractivity contribution is -0.0369. The van der Waals surface area contributed by atoms with Crippen LogP contribution in [0.4, 0.5) is 18.9 Å². The third-order valence-electron chi connectivity index (χ3n) is 3.48. The molecule has 3 rings (SSSR count). The molecule has 8 heteroatoms. The van der Waals surface area contributed by atoms with Gasteiger partial charge in [-0.15, -0.1) is 0 Å². The van der Waals surface area contributed by atoms with Crippen molar-refractivity contribution in [2.45, 2.75) is 24.4 Å². The third kappa shape index (κ3) is 4.65. The maximum atomic E-state index is 12.2. The van der Waals surface area contributed by atoms with Gasteiger partial charge in [-0.3, -0.25) is 4.98 Å². The van der Waals surface area contributed by atoms with Crippen LogP contribution in [0, 0.1) is 0 Å². The fraction of sp³-hybridized carbons (Fsp3) is 0.400. The summed E-state index contributed by atoms with van der Waals surface area (Å²) in [5.41, 5.74) is -2.89. The number of nitrogens with one attached hydrogen (secondary N) is 1. The van der Waals surface area contributed by atoms with Crippen LogP contribution >= 0.6 is 12.0 Å². The molecule has 1 saturated heterocycles. The van der Waals surface area contributed by atoms with Gasteiger partial charge in [-0.1, -0.05) is 0 Å². The maximum Gasteiger partial charge on any atom is 0.479 e. The van der Waals surface area contributed by atoms with E-state index in [1.807, 2.05) is 6.07 Å².